The molecule has 0 aromatic rings. The summed E-state index contributed by atoms with van der Waals surface area (Å²) in [5, 5.41) is 12.3. The van der Waals surface area contributed by atoms with E-state index in [9.17, 15) is 19.5 Å². The number of carbonyl (C=O) groups excluding carboxylic acids is 2. The van der Waals surface area contributed by atoms with Crippen molar-refractivity contribution in [2.75, 3.05) is 7.05 Å². The first-order chi connectivity index (χ1) is 10.0. The minimum Gasteiger partial charge on any atom is -0.479 e. The van der Waals surface area contributed by atoms with Crippen molar-refractivity contribution in [3.63, 3.8) is 0 Å². The first-order valence-corrected chi connectivity index (χ1v) is 7.84. The van der Waals surface area contributed by atoms with Crippen LogP contribution in [0, 0.1) is 5.41 Å². The largest absolute Gasteiger partial charge is 0.479 e. The highest BCUT2D eigenvalue weighted by atomic mass is 16.4. The number of carbonyl (C=O) groups is 3. The number of rotatable bonds is 4. The number of carboxylic acids is 1. The molecule has 6 nitrogen and oxygen atoms in total. The second-order valence-corrected chi connectivity index (χ2v) is 7.24. The second kappa shape index (κ2) is 6.67. The fourth-order valence-corrected chi connectivity index (χ4v) is 2.81. The van der Waals surface area contributed by atoms with Gasteiger partial charge in [0.2, 0.25) is 11.8 Å². The Hall–Kier alpha value is -1.59. The molecule has 0 saturated heterocycles. The minimum absolute atomic E-state index is 0.227. The zero-order valence-electron chi connectivity index (χ0n) is 14.2. The molecule has 1 aliphatic rings. The highest BCUT2D eigenvalue weighted by Gasteiger charge is 2.46. The number of nitrogens with one attached hydrogen (secondary N) is 1. The van der Waals surface area contributed by atoms with Crippen LogP contribution in [0.1, 0.15) is 59.8 Å². The Kier molecular flexibility index (Phi) is 5.59. The van der Waals surface area contributed by atoms with Crippen LogP contribution in [0.4, 0.5) is 0 Å². The molecular formula is C16H28N2O4. The quantitative estimate of drug-likeness (QED) is 0.828. The van der Waals surface area contributed by atoms with Crippen LogP contribution in [0.2, 0.25) is 0 Å². The lowest BCUT2D eigenvalue weighted by Crippen LogP contribution is -2.60. The molecule has 0 spiro atoms. The molecule has 1 rings (SSSR count). The maximum atomic E-state index is 12.6. The lowest BCUT2D eigenvalue weighted by Gasteiger charge is -2.42. The predicted octanol–water partition coefficient (Wildman–Crippen LogP) is 1.78. The van der Waals surface area contributed by atoms with Crippen LogP contribution in [-0.4, -0.2) is 46.4 Å². The molecule has 0 bridgehead atoms. The smallest absolute Gasteiger partial charge is 0.329 e. The fraction of sp³-hybridized carbons (Fsp3) is 0.812. The predicted molar refractivity (Wildman–Crippen MR) is 83.3 cm³/mol. The lowest BCUT2D eigenvalue weighted by molar-refractivity contribution is -0.161. The molecule has 1 saturated carbocycles. The van der Waals surface area contributed by atoms with Crippen LogP contribution in [0.3, 0.4) is 0 Å². The van der Waals surface area contributed by atoms with Crippen molar-refractivity contribution < 1.29 is 19.5 Å². The number of amides is 2. The second-order valence-electron chi connectivity index (χ2n) is 7.24. The van der Waals surface area contributed by atoms with Crippen LogP contribution in [-0.2, 0) is 14.4 Å². The Morgan fingerprint density at radius 3 is 2.05 bits per heavy atom. The summed E-state index contributed by atoms with van der Waals surface area (Å²) in [7, 11) is 1.53. The zero-order valence-corrected chi connectivity index (χ0v) is 14.2. The van der Waals surface area contributed by atoms with Gasteiger partial charge in [-0.2, -0.15) is 0 Å². The molecule has 0 aromatic carbocycles. The third-order valence-electron chi connectivity index (χ3n) is 4.45. The number of likely N-dealkylation sites (N-methyl/N-ethyl adjacent to an activating group) is 1. The molecule has 1 unspecified atom stereocenters. The van der Waals surface area contributed by atoms with Crippen molar-refractivity contribution in [2.45, 2.75) is 71.4 Å². The number of hydrogen-bond acceptors (Lipinski definition) is 3. The van der Waals surface area contributed by atoms with Gasteiger partial charge >= 0.3 is 5.97 Å². The van der Waals surface area contributed by atoms with Gasteiger partial charge in [-0.25, -0.2) is 4.79 Å². The van der Waals surface area contributed by atoms with E-state index in [2.05, 4.69) is 5.32 Å². The summed E-state index contributed by atoms with van der Waals surface area (Å²) in [6.07, 6.45) is 3.52. The molecule has 0 heterocycles. The molecule has 2 N–H and O–H groups in total. The Morgan fingerprint density at radius 2 is 1.64 bits per heavy atom. The van der Waals surface area contributed by atoms with Crippen LogP contribution in [0.15, 0.2) is 0 Å². The van der Waals surface area contributed by atoms with Gasteiger partial charge in [-0.05, 0) is 19.8 Å². The van der Waals surface area contributed by atoms with Crippen molar-refractivity contribution in [1.29, 1.82) is 0 Å². The van der Waals surface area contributed by atoms with Gasteiger partial charge < -0.3 is 15.3 Å². The van der Waals surface area contributed by atoms with Crippen molar-refractivity contribution in [3.8, 4) is 0 Å². The van der Waals surface area contributed by atoms with E-state index in [0.29, 0.717) is 12.8 Å². The minimum atomic E-state index is -1.14. The SMILES string of the molecule is CC(NC(=O)C(C)(C)C)C(=O)N(C)C1(C(=O)O)CCCCC1. The van der Waals surface area contributed by atoms with E-state index in [-0.39, 0.29) is 11.8 Å². The molecule has 0 radical (unpaired) electrons. The van der Waals surface area contributed by atoms with E-state index in [1.807, 2.05) is 0 Å². The highest BCUT2D eigenvalue weighted by Crippen LogP contribution is 2.33. The summed E-state index contributed by atoms with van der Waals surface area (Å²) in [6, 6.07) is -0.741. The van der Waals surface area contributed by atoms with E-state index in [1.54, 1.807) is 27.7 Å². The summed E-state index contributed by atoms with van der Waals surface area (Å²) in [5.41, 5.74) is -1.74. The Bertz CT molecular complexity index is 448. The van der Waals surface area contributed by atoms with Gasteiger partial charge in [0.25, 0.3) is 0 Å². The molecule has 1 aliphatic carbocycles. The van der Waals surface area contributed by atoms with Crippen LogP contribution in [0.25, 0.3) is 0 Å². The van der Waals surface area contributed by atoms with Gasteiger partial charge in [0.05, 0.1) is 0 Å². The monoisotopic (exact) mass is 312 g/mol. The van der Waals surface area contributed by atoms with Gasteiger partial charge in [0.15, 0.2) is 0 Å². The van der Waals surface area contributed by atoms with Crippen LogP contribution < -0.4 is 5.32 Å². The molecular weight excluding hydrogens is 284 g/mol. The summed E-state index contributed by atoms with van der Waals surface area (Å²) < 4.78 is 0. The average molecular weight is 312 g/mol. The molecule has 2 amide bonds. The first-order valence-electron chi connectivity index (χ1n) is 7.84. The van der Waals surface area contributed by atoms with Gasteiger partial charge in [0, 0.05) is 12.5 Å². The van der Waals surface area contributed by atoms with Crippen LogP contribution >= 0.6 is 0 Å². The summed E-state index contributed by atoms with van der Waals surface area (Å²) in [6.45, 7) is 6.90. The van der Waals surface area contributed by atoms with Crippen molar-refractivity contribution >= 4 is 17.8 Å². The maximum Gasteiger partial charge on any atom is 0.329 e. The van der Waals surface area contributed by atoms with E-state index in [0.717, 1.165) is 19.3 Å². The third kappa shape index (κ3) is 3.78. The standard InChI is InChI=1S/C16H28N2O4/c1-11(17-13(20)15(2,3)4)12(19)18(5)16(14(21)22)9-7-6-8-10-16/h11H,6-10H2,1-5H3,(H,17,20)(H,21,22). The van der Waals surface area contributed by atoms with E-state index in [1.165, 1.54) is 11.9 Å². The number of carboxylic acid groups (broad SMARTS) is 1. The zero-order chi connectivity index (χ0) is 17.1. The van der Waals surface area contributed by atoms with E-state index >= 15 is 0 Å². The fourth-order valence-electron chi connectivity index (χ4n) is 2.81. The number of hydrogen-bond donors (Lipinski definition) is 2. The molecule has 6 heteroatoms. The number of aliphatic carboxylic acids is 1. The van der Waals surface area contributed by atoms with Crippen LogP contribution in [0.5, 0.6) is 0 Å². The molecule has 126 valence electrons. The molecule has 22 heavy (non-hydrogen) atoms. The van der Waals surface area contributed by atoms with E-state index < -0.39 is 23.0 Å². The van der Waals surface area contributed by atoms with Gasteiger partial charge in [-0.3, -0.25) is 9.59 Å². The normalized spacial score (nSPS) is 19.1. The molecule has 0 aromatic heterocycles. The third-order valence-corrected chi connectivity index (χ3v) is 4.45. The summed E-state index contributed by atoms with van der Waals surface area (Å²) in [5.74, 6) is -1.55. The molecule has 1 atom stereocenters. The number of nitrogens with zero attached hydrogens (tertiary/aromatic N) is 1. The molecule has 0 aliphatic heterocycles. The summed E-state index contributed by atoms with van der Waals surface area (Å²) in [4.78, 5) is 37.6. The van der Waals surface area contributed by atoms with E-state index in [4.69, 9.17) is 0 Å². The highest BCUT2D eigenvalue weighted by molar-refractivity contribution is 5.92. The van der Waals surface area contributed by atoms with Gasteiger partial charge in [-0.1, -0.05) is 40.0 Å². The first kappa shape index (κ1) is 18.5. The van der Waals surface area contributed by atoms with Gasteiger partial charge in [0.1, 0.15) is 11.6 Å². The summed E-state index contributed by atoms with van der Waals surface area (Å²) >= 11 is 0. The Morgan fingerprint density at radius 1 is 1.14 bits per heavy atom. The topological polar surface area (TPSA) is 86.7 Å². The average Bonchev–Trinajstić information content (AvgIpc) is 2.45. The maximum absolute atomic E-state index is 12.6. The van der Waals surface area contributed by atoms with Crippen molar-refractivity contribution in [3.05, 3.63) is 0 Å². The van der Waals surface area contributed by atoms with Crippen molar-refractivity contribution in [2.24, 2.45) is 5.41 Å². The Labute approximate surface area is 132 Å². The lowest BCUT2D eigenvalue weighted by atomic mass is 9.80. The van der Waals surface area contributed by atoms with Crippen molar-refractivity contribution in [1.82, 2.24) is 10.2 Å². The van der Waals surface area contributed by atoms with Gasteiger partial charge in [-0.15, -0.1) is 0 Å². The molecule has 1 fully saturated rings. The Balaban J connectivity index is 2.86.